The van der Waals surface area contributed by atoms with Crippen molar-refractivity contribution in [3.63, 3.8) is 0 Å². The maximum atomic E-state index is 6.07. The maximum Gasteiger partial charge on any atom is 0.190 e. The van der Waals surface area contributed by atoms with E-state index < -0.39 is 0 Å². The average molecular weight is 306 g/mol. The molecule has 1 aliphatic rings. The summed E-state index contributed by atoms with van der Waals surface area (Å²) in [6, 6.07) is 12.5. The summed E-state index contributed by atoms with van der Waals surface area (Å²) in [6.07, 6.45) is 3.12. The minimum atomic E-state index is 0.516. The van der Waals surface area contributed by atoms with Crippen LogP contribution in [-0.2, 0) is 0 Å². The Hall–Kier alpha value is -1.26. The monoisotopic (exact) mass is 305 g/mol. The largest absolute Gasteiger partial charge is 0.356 e. The van der Waals surface area contributed by atoms with E-state index in [1.807, 2.05) is 12.3 Å². The van der Waals surface area contributed by atoms with Crippen molar-refractivity contribution < 1.29 is 0 Å². The molecule has 1 atom stereocenters. The van der Waals surface area contributed by atoms with Crippen LogP contribution in [0.4, 0.5) is 5.82 Å². The molecule has 1 fully saturated rings. The Morgan fingerprint density at radius 2 is 2.05 bits per heavy atom. The van der Waals surface area contributed by atoms with Crippen molar-refractivity contribution in [3.8, 4) is 0 Å². The van der Waals surface area contributed by atoms with Crippen LogP contribution >= 0.6 is 23.4 Å². The number of halogens is 1. The van der Waals surface area contributed by atoms with E-state index in [1.165, 1.54) is 17.3 Å². The highest BCUT2D eigenvalue weighted by molar-refractivity contribution is 7.98. The lowest BCUT2D eigenvalue weighted by Gasteiger charge is -2.18. The van der Waals surface area contributed by atoms with Crippen LogP contribution in [0.1, 0.15) is 17.9 Å². The molecule has 0 N–H and O–H groups in total. The number of rotatable bonds is 3. The van der Waals surface area contributed by atoms with Gasteiger partial charge >= 0.3 is 0 Å². The van der Waals surface area contributed by atoms with Gasteiger partial charge in [-0.2, -0.15) is 0 Å². The van der Waals surface area contributed by atoms with Gasteiger partial charge in [0.15, 0.2) is 5.16 Å². The number of hydrogen-bond donors (Lipinski definition) is 0. The van der Waals surface area contributed by atoms with Gasteiger partial charge in [-0.1, -0.05) is 53.7 Å². The molecule has 0 aliphatic carbocycles. The third kappa shape index (κ3) is 2.91. The van der Waals surface area contributed by atoms with Crippen LogP contribution < -0.4 is 4.90 Å². The molecule has 0 bridgehead atoms. The first-order valence-electron chi connectivity index (χ1n) is 6.65. The normalized spacial score (nSPS) is 18.5. The Labute approximate surface area is 128 Å². The fourth-order valence-electron chi connectivity index (χ4n) is 2.60. The molecule has 3 rings (SSSR count). The molecule has 3 nitrogen and oxygen atoms in total. The minimum absolute atomic E-state index is 0.516. The molecule has 1 aromatic carbocycles. The summed E-state index contributed by atoms with van der Waals surface area (Å²) in [6.45, 7) is 2.01. The molecule has 1 aromatic heterocycles. The molecule has 2 aromatic rings. The van der Waals surface area contributed by atoms with Gasteiger partial charge in [0.2, 0.25) is 0 Å². The van der Waals surface area contributed by atoms with E-state index in [-0.39, 0.29) is 0 Å². The van der Waals surface area contributed by atoms with Gasteiger partial charge in [-0.25, -0.2) is 9.97 Å². The molecule has 20 heavy (non-hydrogen) atoms. The van der Waals surface area contributed by atoms with E-state index >= 15 is 0 Å². The molecule has 1 aliphatic heterocycles. The van der Waals surface area contributed by atoms with Crippen molar-refractivity contribution in [1.29, 1.82) is 0 Å². The molecule has 1 saturated heterocycles. The molecular weight excluding hydrogens is 290 g/mol. The Kier molecular flexibility index (Phi) is 4.13. The van der Waals surface area contributed by atoms with Crippen molar-refractivity contribution in [3.05, 3.63) is 47.1 Å². The first-order valence-corrected chi connectivity index (χ1v) is 8.25. The highest BCUT2D eigenvalue weighted by Crippen LogP contribution is 2.31. The predicted molar refractivity (Wildman–Crippen MR) is 84.8 cm³/mol. The second-order valence-electron chi connectivity index (χ2n) is 4.88. The van der Waals surface area contributed by atoms with Crippen LogP contribution in [0.25, 0.3) is 0 Å². The van der Waals surface area contributed by atoms with E-state index in [0.29, 0.717) is 11.1 Å². The van der Waals surface area contributed by atoms with Crippen molar-refractivity contribution in [1.82, 2.24) is 9.97 Å². The highest BCUT2D eigenvalue weighted by Gasteiger charge is 2.25. The van der Waals surface area contributed by atoms with Crippen molar-refractivity contribution >= 4 is 29.2 Å². The second kappa shape index (κ2) is 6.02. The summed E-state index contributed by atoms with van der Waals surface area (Å²) in [5, 5.41) is 1.25. The van der Waals surface area contributed by atoms with E-state index in [1.54, 1.807) is 0 Å². The Morgan fingerprint density at radius 3 is 2.80 bits per heavy atom. The SMILES string of the molecule is CSc1nc(Cl)cc(N2CCC(c3ccccc3)C2)n1. The topological polar surface area (TPSA) is 29.0 Å². The average Bonchev–Trinajstić information content (AvgIpc) is 2.97. The second-order valence-corrected chi connectivity index (χ2v) is 6.04. The summed E-state index contributed by atoms with van der Waals surface area (Å²) in [5.74, 6) is 1.51. The smallest absolute Gasteiger partial charge is 0.190 e. The molecule has 0 spiro atoms. The first-order chi connectivity index (χ1) is 9.76. The van der Waals surface area contributed by atoms with E-state index in [2.05, 4.69) is 45.2 Å². The summed E-state index contributed by atoms with van der Waals surface area (Å²) in [7, 11) is 0. The van der Waals surface area contributed by atoms with Crippen LogP contribution in [0, 0.1) is 0 Å². The highest BCUT2D eigenvalue weighted by atomic mass is 35.5. The maximum absolute atomic E-state index is 6.07. The third-order valence-electron chi connectivity index (χ3n) is 3.63. The number of aromatic nitrogens is 2. The molecule has 2 heterocycles. The lowest BCUT2D eigenvalue weighted by molar-refractivity contribution is 0.773. The van der Waals surface area contributed by atoms with Crippen molar-refractivity contribution in [2.24, 2.45) is 0 Å². The third-order valence-corrected chi connectivity index (χ3v) is 4.37. The Morgan fingerprint density at radius 1 is 1.25 bits per heavy atom. The summed E-state index contributed by atoms with van der Waals surface area (Å²) in [4.78, 5) is 11.0. The molecule has 0 radical (unpaired) electrons. The number of nitrogens with zero attached hydrogens (tertiary/aromatic N) is 3. The van der Waals surface area contributed by atoms with Crippen LogP contribution in [0.15, 0.2) is 41.6 Å². The number of benzene rings is 1. The van der Waals surface area contributed by atoms with Gasteiger partial charge in [-0.05, 0) is 18.2 Å². The van der Waals surface area contributed by atoms with E-state index in [4.69, 9.17) is 11.6 Å². The Balaban J connectivity index is 1.79. The first kappa shape index (κ1) is 13.7. The predicted octanol–water partition coefficient (Wildman–Crippen LogP) is 3.85. The molecular formula is C15H16ClN3S. The zero-order valence-corrected chi connectivity index (χ0v) is 12.9. The fraction of sp³-hybridized carbons (Fsp3) is 0.333. The van der Waals surface area contributed by atoms with Crippen LogP contribution in [0.3, 0.4) is 0 Å². The zero-order valence-electron chi connectivity index (χ0n) is 11.3. The number of thioether (sulfide) groups is 1. The van der Waals surface area contributed by atoms with Crippen LogP contribution in [-0.4, -0.2) is 29.3 Å². The molecule has 104 valence electrons. The zero-order chi connectivity index (χ0) is 13.9. The van der Waals surface area contributed by atoms with Gasteiger partial charge in [0.1, 0.15) is 11.0 Å². The minimum Gasteiger partial charge on any atom is -0.356 e. The van der Waals surface area contributed by atoms with E-state index in [0.717, 1.165) is 30.5 Å². The number of hydrogen-bond acceptors (Lipinski definition) is 4. The van der Waals surface area contributed by atoms with Gasteiger partial charge in [-0.3, -0.25) is 0 Å². The van der Waals surface area contributed by atoms with Gasteiger partial charge in [0, 0.05) is 25.1 Å². The number of anilines is 1. The quantitative estimate of drug-likeness (QED) is 0.489. The summed E-state index contributed by atoms with van der Waals surface area (Å²) >= 11 is 7.59. The van der Waals surface area contributed by atoms with Crippen LogP contribution in [0.2, 0.25) is 5.15 Å². The van der Waals surface area contributed by atoms with Crippen molar-refractivity contribution in [2.45, 2.75) is 17.5 Å². The van der Waals surface area contributed by atoms with Crippen molar-refractivity contribution in [2.75, 3.05) is 24.2 Å². The molecule has 0 amide bonds. The molecule has 1 unspecified atom stereocenters. The van der Waals surface area contributed by atoms with Gasteiger partial charge in [0.25, 0.3) is 0 Å². The van der Waals surface area contributed by atoms with Gasteiger partial charge in [0.05, 0.1) is 0 Å². The van der Waals surface area contributed by atoms with E-state index in [9.17, 15) is 0 Å². The standard InChI is InChI=1S/C15H16ClN3S/c1-20-15-17-13(16)9-14(18-15)19-8-7-12(10-19)11-5-3-2-4-6-11/h2-6,9,12H,7-8,10H2,1H3. The molecule has 0 saturated carbocycles. The van der Waals surface area contributed by atoms with Crippen LogP contribution in [0.5, 0.6) is 0 Å². The molecule has 5 heteroatoms. The lowest BCUT2D eigenvalue weighted by Crippen LogP contribution is -2.20. The lowest BCUT2D eigenvalue weighted by atomic mass is 9.99. The fourth-order valence-corrected chi connectivity index (χ4v) is 3.21. The Bertz CT molecular complexity index is 591. The van der Waals surface area contributed by atoms with Gasteiger partial charge in [-0.15, -0.1) is 0 Å². The summed E-state index contributed by atoms with van der Waals surface area (Å²) in [5.41, 5.74) is 1.40. The van der Waals surface area contributed by atoms with Gasteiger partial charge < -0.3 is 4.90 Å². The summed E-state index contributed by atoms with van der Waals surface area (Å²) < 4.78 is 0.